The lowest BCUT2D eigenvalue weighted by molar-refractivity contribution is 0.122. The minimum Gasteiger partial charge on any atom is -0.437 e. The molecule has 0 aromatic heterocycles. The highest BCUT2D eigenvalue weighted by atomic mass is 28.5. The van der Waals surface area contributed by atoms with Crippen LogP contribution in [-0.4, -0.2) is 167 Å². The largest absolute Gasteiger partial charge is 0.500 e. The number of hydrogen-bond donors (Lipinski definition) is 0. The van der Waals surface area contributed by atoms with Crippen molar-refractivity contribution in [2.24, 2.45) is 0 Å². The van der Waals surface area contributed by atoms with Crippen LogP contribution in [0.25, 0.3) is 0 Å². The first-order valence-corrected chi connectivity index (χ1v) is 52.5. The maximum atomic E-state index is 7.53. The Kier molecular flexibility index (Phi) is 24.1. The van der Waals surface area contributed by atoms with Crippen LogP contribution < -0.4 is 0 Å². The third kappa shape index (κ3) is 20.5. The summed E-state index contributed by atoms with van der Waals surface area (Å²) in [6, 6.07) is 4.70. The van der Waals surface area contributed by atoms with Crippen LogP contribution in [0.5, 0.6) is 0 Å². The third-order valence-electron chi connectivity index (χ3n) is 10.6. The van der Waals surface area contributed by atoms with Crippen molar-refractivity contribution in [3.8, 4) is 0 Å². The minimum absolute atomic E-state index is 0.490. The fourth-order valence-corrected chi connectivity index (χ4v) is 66.1. The topological polar surface area (TPSA) is 157 Å². The molecule has 2 unspecified atom stereocenters. The molecule has 0 amide bonds. The summed E-state index contributed by atoms with van der Waals surface area (Å²) in [4.78, 5) is 0. The zero-order valence-electron chi connectivity index (χ0n) is 43.3. The van der Waals surface area contributed by atoms with E-state index in [2.05, 4.69) is 98.2 Å². The molecule has 0 spiro atoms. The Morgan fingerprint density at radius 2 is 0.565 bits per heavy atom. The van der Waals surface area contributed by atoms with E-state index < -0.39 is 103 Å². The van der Waals surface area contributed by atoms with E-state index in [1.165, 1.54) is 0 Å². The molecule has 0 radical (unpaired) electrons. The molecule has 0 bridgehead atoms. The van der Waals surface area contributed by atoms with Crippen LogP contribution in [0, 0.1) is 0 Å². The van der Waals surface area contributed by atoms with Gasteiger partial charge in [-0.3, -0.25) is 0 Å². The molecular weight excluding hydrogens is 1010 g/mol. The molecule has 372 valence electrons. The van der Waals surface area contributed by atoms with Gasteiger partial charge in [0.1, 0.15) is 0 Å². The first kappa shape index (κ1) is 61.9. The fourth-order valence-electron chi connectivity index (χ4n) is 8.66. The Balaban J connectivity index is 3.65. The Bertz CT molecular complexity index is 1270. The van der Waals surface area contributed by atoms with E-state index >= 15 is 0 Å². The van der Waals surface area contributed by atoms with Crippen molar-refractivity contribution in [2.75, 3.05) is 64.0 Å². The van der Waals surface area contributed by atoms with Gasteiger partial charge >= 0.3 is 86.3 Å². The normalized spacial score (nSPS) is 25.5. The molecule has 0 aromatic rings. The van der Waals surface area contributed by atoms with Crippen LogP contribution in [0.3, 0.4) is 0 Å². The van der Waals surface area contributed by atoms with E-state index in [0.717, 1.165) is 12.5 Å². The zero-order valence-corrected chi connectivity index (χ0v) is 55.3. The second-order valence-electron chi connectivity index (χ2n) is 19.7. The average molecular weight is 1100 g/mol. The summed E-state index contributed by atoms with van der Waals surface area (Å²) in [6.45, 7) is 32.4. The van der Waals surface area contributed by atoms with E-state index in [0.29, 0.717) is 42.3 Å². The van der Waals surface area contributed by atoms with Crippen molar-refractivity contribution in [1.29, 1.82) is 0 Å². The number of hydrogen-bond acceptors (Lipinski definition) is 17. The molecule has 0 N–H and O–H groups in total. The number of rotatable bonds is 30. The van der Waals surface area contributed by atoms with E-state index in [9.17, 15) is 0 Å². The second-order valence-corrected chi connectivity index (χ2v) is 63.2. The molecule has 62 heavy (non-hydrogen) atoms. The molecule has 2 atom stereocenters. The lowest BCUT2D eigenvalue weighted by Crippen LogP contribution is -2.68. The van der Waals surface area contributed by atoms with Crippen LogP contribution in [0.1, 0.15) is 6.42 Å². The highest BCUT2D eigenvalue weighted by Crippen LogP contribution is 2.42. The van der Waals surface area contributed by atoms with Gasteiger partial charge in [0.25, 0.3) is 0 Å². The third-order valence-corrected chi connectivity index (χ3v) is 56.9. The first-order chi connectivity index (χ1) is 28.0. The zero-order chi connectivity index (χ0) is 48.4. The molecular formula is C33H90O17Si12. The average Bonchev–Trinajstić information content (AvgIpc) is 3.10. The summed E-state index contributed by atoms with van der Waals surface area (Å²) in [5, 5.41) is 0. The van der Waals surface area contributed by atoms with Gasteiger partial charge in [0.15, 0.2) is 16.6 Å². The summed E-state index contributed by atoms with van der Waals surface area (Å²) in [6.07, 6.45) is 0.834. The highest BCUT2D eigenvalue weighted by Gasteiger charge is 2.59. The molecule has 1 heterocycles. The van der Waals surface area contributed by atoms with Crippen molar-refractivity contribution in [1.82, 2.24) is 0 Å². The van der Waals surface area contributed by atoms with Crippen LogP contribution in [0.15, 0.2) is 0 Å². The van der Waals surface area contributed by atoms with Crippen LogP contribution in [0.4, 0.5) is 0 Å². The minimum atomic E-state index is -3.16. The molecule has 1 saturated heterocycles. The summed E-state index contributed by atoms with van der Waals surface area (Å²) < 4.78 is 110. The Morgan fingerprint density at radius 3 is 0.823 bits per heavy atom. The van der Waals surface area contributed by atoms with E-state index in [1.54, 1.807) is 64.0 Å². The molecule has 1 aliphatic rings. The van der Waals surface area contributed by atoms with Crippen molar-refractivity contribution in [2.45, 2.75) is 153 Å². The van der Waals surface area contributed by atoms with Gasteiger partial charge in [0.2, 0.25) is 0 Å². The summed E-state index contributed by atoms with van der Waals surface area (Å²) in [7, 11) is -18.6. The predicted octanol–water partition coefficient (Wildman–Crippen LogP) is 8.59. The Hall–Kier alpha value is 1.92. The molecule has 0 aromatic carbocycles. The van der Waals surface area contributed by atoms with Gasteiger partial charge in [0, 0.05) is 82.1 Å². The van der Waals surface area contributed by atoms with Gasteiger partial charge in [-0.2, -0.15) is 0 Å². The smallest absolute Gasteiger partial charge is 0.437 e. The molecule has 1 aliphatic heterocycles. The van der Waals surface area contributed by atoms with Crippen LogP contribution in [0.2, 0.25) is 147 Å². The van der Waals surface area contributed by atoms with Gasteiger partial charge in [-0.25, -0.2) is 0 Å². The van der Waals surface area contributed by atoms with E-state index in [1.807, 2.05) is 0 Å². The van der Waals surface area contributed by atoms with Crippen LogP contribution >= 0.6 is 0 Å². The van der Waals surface area contributed by atoms with Crippen molar-refractivity contribution >= 4 is 103 Å². The quantitative estimate of drug-likeness (QED) is 0.0630. The molecule has 0 saturated carbocycles. The van der Waals surface area contributed by atoms with Gasteiger partial charge in [-0.05, 0) is 128 Å². The Labute approximate surface area is 390 Å². The molecule has 1 fully saturated rings. The van der Waals surface area contributed by atoms with Gasteiger partial charge in [-0.15, -0.1) is 0 Å². The SMILES string of the molecule is CO[Si](CC[Si]1(C)O[Si](C)(CCC[Si](C)(C)O[Si](C)(C)O[Si](C)(C)O[Si](C)(C)O[Si](C)(C)C)O[Si](C)(CC[Si](OC)(OC)OC)O[Si](C)(CC[Si](OC)(OC)OC)O1)(OC)OC. The summed E-state index contributed by atoms with van der Waals surface area (Å²) in [5.74, 6) is 0. The molecule has 1 rings (SSSR count). The fraction of sp³-hybridized carbons (Fsp3) is 1.00. The second kappa shape index (κ2) is 24.2. The summed E-state index contributed by atoms with van der Waals surface area (Å²) >= 11 is 0. The van der Waals surface area contributed by atoms with E-state index in [4.69, 9.17) is 72.8 Å². The maximum absolute atomic E-state index is 7.53. The lowest BCUT2D eigenvalue weighted by atomic mass is 10.6. The molecule has 29 heteroatoms. The standard InChI is InChI=1S/C33H90O17Si12/c1-34-60(35-2,36-3)31-28-57(22)47-56(21,27-25-26-52(13,14)44-54(17,18)46-55(19,20)45-53(15,16)43-51(10,11)12)48-58(23,29-32-61(37-4,38-5)39-6)50-59(24,49-57)30-33-62(40-7,41-8)42-9/h25-33H2,1-24H3. The predicted molar refractivity (Wildman–Crippen MR) is 272 cm³/mol. The monoisotopic (exact) mass is 1090 g/mol. The highest BCUT2D eigenvalue weighted by molar-refractivity contribution is 6.95. The first-order valence-electron chi connectivity index (χ1n) is 21.6. The van der Waals surface area contributed by atoms with Gasteiger partial charge < -0.3 is 72.8 Å². The van der Waals surface area contributed by atoms with Gasteiger partial charge in [0.05, 0.1) is 0 Å². The van der Waals surface area contributed by atoms with Crippen LogP contribution in [-0.2, 0) is 72.8 Å². The lowest BCUT2D eigenvalue weighted by Gasteiger charge is -2.51. The Morgan fingerprint density at radius 1 is 0.323 bits per heavy atom. The van der Waals surface area contributed by atoms with E-state index in [-0.39, 0.29) is 0 Å². The molecule has 17 nitrogen and oxygen atoms in total. The van der Waals surface area contributed by atoms with Gasteiger partial charge in [-0.1, -0.05) is 6.42 Å². The van der Waals surface area contributed by atoms with Crippen molar-refractivity contribution in [3.63, 3.8) is 0 Å². The molecule has 0 aliphatic carbocycles. The van der Waals surface area contributed by atoms with Crippen molar-refractivity contribution < 1.29 is 72.8 Å². The maximum Gasteiger partial charge on any atom is 0.500 e. The summed E-state index contributed by atoms with van der Waals surface area (Å²) in [5.41, 5.74) is 0. The van der Waals surface area contributed by atoms with Crippen molar-refractivity contribution in [3.05, 3.63) is 0 Å².